The Morgan fingerprint density at radius 2 is 2.19 bits per heavy atom. The molecule has 2 N–H and O–H groups in total. The maximum absolute atomic E-state index is 9.70. The van der Waals surface area contributed by atoms with Crippen LogP contribution in [0.2, 0.25) is 0 Å². The molecule has 4 rings (SSSR count). The number of benzene rings is 1. The number of hydrogen-bond donors (Lipinski definition) is 2. The molecule has 0 spiro atoms. The zero-order chi connectivity index (χ0) is 21.6. The molecule has 2 aromatic heterocycles. The van der Waals surface area contributed by atoms with Crippen LogP contribution >= 0.6 is 11.3 Å². The number of anilines is 2. The molecule has 164 valence electrons. The predicted octanol–water partition coefficient (Wildman–Crippen LogP) is 4.86. The van der Waals surface area contributed by atoms with Gasteiger partial charge in [0, 0.05) is 53.2 Å². The Balaban J connectivity index is 1.46. The summed E-state index contributed by atoms with van der Waals surface area (Å²) in [5, 5.41) is 16.0. The van der Waals surface area contributed by atoms with Crippen LogP contribution in [0.25, 0.3) is 0 Å². The molecule has 0 bridgehead atoms. The second-order valence-corrected chi connectivity index (χ2v) is 8.89. The highest BCUT2D eigenvalue weighted by molar-refractivity contribution is 7.13. The summed E-state index contributed by atoms with van der Waals surface area (Å²) < 4.78 is 5.62. The van der Waals surface area contributed by atoms with Crippen LogP contribution in [-0.2, 0) is 13.2 Å². The minimum absolute atomic E-state index is 0.00607. The van der Waals surface area contributed by atoms with Gasteiger partial charge in [-0.25, -0.2) is 4.98 Å². The van der Waals surface area contributed by atoms with Crippen LogP contribution in [-0.4, -0.2) is 39.7 Å². The van der Waals surface area contributed by atoms with Gasteiger partial charge in [-0.1, -0.05) is 6.07 Å². The van der Waals surface area contributed by atoms with E-state index in [-0.39, 0.29) is 6.61 Å². The number of pyridine rings is 1. The number of thiazole rings is 1. The quantitative estimate of drug-likeness (QED) is 0.523. The molecule has 0 aliphatic carbocycles. The Hall–Kier alpha value is -2.48. The summed E-state index contributed by atoms with van der Waals surface area (Å²) in [6.45, 7) is 7.53. The van der Waals surface area contributed by atoms with Gasteiger partial charge in [0.1, 0.15) is 5.75 Å². The number of nitrogens with zero attached hydrogens (tertiary/aromatic N) is 3. The van der Waals surface area contributed by atoms with E-state index >= 15 is 0 Å². The molecule has 1 aliphatic heterocycles. The number of aliphatic hydroxyl groups excluding tert-OH is 1. The molecule has 7 heteroatoms. The summed E-state index contributed by atoms with van der Waals surface area (Å²) in [4.78, 5) is 11.7. The van der Waals surface area contributed by atoms with Crippen molar-refractivity contribution in [3.05, 3.63) is 64.4 Å². The molecular formula is C24H30N4O2S. The standard InChI is InChI=1S/C24H30N4O2S/c1-3-30-23-7-6-18(12-20(23)16-29)14-28-9-4-5-19(15-28)22-13-21(11-17(2)26-22)27-24-25-8-10-31-24/h6-8,10-13,19,29H,3-5,9,14-16H2,1-2H3,(H,25,26,27)/t19-/m1/s1. The Kier molecular flexibility index (Phi) is 7.17. The second kappa shape index (κ2) is 10.2. The van der Waals surface area contributed by atoms with E-state index < -0.39 is 0 Å². The van der Waals surface area contributed by atoms with Crippen LogP contribution in [0, 0.1) is 6.92 Å². The average molecular weight is 439 g/mol. The van der Waals surface area contributed by atoms with E-state index in [1.54, 1.807) is 11.3 Å². The summed E-state index contributed by atoms with van der Waals surface area (Å²) in [6.07, 6.45) is 4.11. The molecule has 1 saturated heterocycles. The zero-order valence-corrected chi connectivity index (χ0v) is 19.0. The smallest absolute Gasteiger partial charge is 0.187 e. The Morgan fingerprint density at radius 3 is 2.97 bits per heavy atom. The monoisotopic (exact) mass is 438 g/mol. The molecule has 1 atom stereocenters. The van der Waals surface area contributed by atoms with Gasteiger partial charge < -0.3 is 15.2 Å². The fourth-order valence-electron chi connectivity index (χ4n) is 4.23. The van der Waals surface area contributed by atoms with Crippen molar-refractivity contribution in [2.24, 2.45) is 0 Å². The van der Waals surface area contributed by atoms with Crippen molar-refractivity contribution in [3.63, 3.8) is 0 Å². The summed E-state index contributed by atoms with van der Waals surface area (Å²) in [5.74, 6) is 1.18. The van der Waals surface area contributed by atoms with E-state index in [4.69, 9.17) is 9.72 Å². The van der Waals surface area contributed by atoms with Gasteiger partial charge in [-0.15, -0.1) is 11.3 Å². The minimum Gasteiger partial charge on any atom is -0.494 e. The van der Waals surface area contributed by atoms with Gasteiger partial charge in [-0.05, 0) is 63.1 Å². The number of ether oxygens (including phenoxy) is 1. The average Bonchev–Trinajstić information content (AvgIpc) is 3.28. The van der Waals surface area contributed by atoms with Crippen molar-refractivity contribution >= 4 is 22.2 Å². The lowest BCUT2D eigenvalue weighted by molar-refractivity contribution is 0.198. The number of aryl methyl sites for hydroxylation is 1. The molecule has 31 heavy (non-hydrogen) atoms. The number of piperidine rings is 1. The van der Waals surface area contributed by atoms with Gasteiger partial charge in [-0.2, -0.15) is 0 Å². The van der Waals surface area contributed by atoms with Crippen LogP contribution in [0.3, 0.4) is 0 Å². The van der Waals surface area contributed by atoms with Crippen molar-refractivity contribution in [3.8, 4) is 5.75 Å². The molecule has 0 unspecified atom stereocenters. The summed E-state index contributed by atoms with van der Waals surface area (Å²) in [5.41, 5.74) is 5.27. The van der Waals surface area contributed by atoms with Crippen molar-refractivity contribution in [2.75, 3.05) is 25.0 Å². The summed E-state index contributed by atoms with van der Waals surface area (Å²) in [7, 11) is 0. The molecular weight excluding hydrogens is 408 g/mol. The highest BCUT2D eigenvalue weighted by Gasteiger charge is 2.23. The van der Waals surface area contributed by atoms with E-state index in [0.717, 1.165) is 66.0 Å². The molecule has 0 amide bonds. The third kappa shape index (κ3) is 5.61. The predicted molar refractivity (Wildman–Crippen MR) is 125 cm³/mol. The molecule has 0 saturated carbocycles. The van der Waals surface area contributed by atoms with E-state index in [0.29, 0.717) is 12.5 Å². The van der Waals surface area contributed by atoms with Gasteiger partial charge in [-0.3, -0.25) is 9.88 Å². The lowest BCUT2D eigenvalue weighted by Gasteiger charge is -2.33. The number of rotatable bonds is 8. The third-order valence-corrected chi connectivity index (χ3v) is 6.27. The van der Waals surface area contributed by atoms with Crippen LogP contribution in [0.1, 0.15) is 48.2 Å². The molecule has 1 aliphatic rings. The first-order chi connectivity index (χ1) is 15.1. The highest BCUT2D eigenvalue weighted by atomic mass is 32.1. The van der Waals surface area contributed by atoms with Gasteiger partial charge in [0.15, 0.2) is 5.13 Å². The third-order valence-electron chi connectivity index (χ3n) is 5.58. The summed E-state index contributed by atoms with van der Waals surface area (Å²) >= 11 is 1.60. The van der Waals surface area contributed by atoms with Gasteiger partial charge in [0.05, 0.1) is 13.2 Å². The number of likely N-dealkylation sites (tertiary alicyclic amines) is 1. The van der Waals surface area contributed by atoms with E-state index in [2.05, 4.69) is 39.5 Å². The first kappa shape index (κ1) is 21.7. The molecule has 6 nitrogen and oxygen atoms in total. The topological polar surface area (TPSA) is 70.5 Å². The molecule has 3 aromatic rings. The molecule has 1 fully saturated rings. The fraction of sp³-hybridized carbons (Fsp3) is 0.417. The number of aromatic nitrogens is 2. The first-order valence-corrected chi connectivity index (χ1v) is 11.8. The van der Waals surface area contributed by atoms with Gasteiger partial charge >= 0.3 is 0 Å². The minimum atomic E-state index is -0.00607. The lowest BCUT2D eigenvalue weighted by atomic mass is 9.93. The van der Waals surface area contributed by atoms with Crippen LogP contribution in [0.4, 0.5) is 10.8 Å². The summed E-state index contributed by atoms with van der Waals surface area (Å²) in [6, 6.07) is 10.4. The normalized spacial score (nSPS) is 16.9. The van der Waals surface area contributed by atoms with Crippen molar-refractivity contribution in [1.29, 1.82) is 0 Å². The van der Waals surface area contributed by atoms with Crippen molar-refractivity contribution in [1.82, 2.24) is 14.9 Å². The number of nitrogens with one attached hydrogen (secondary N) is 1. The lowest BCUT2D eigenvalue weighted by Crippen LogP contribution is -2.34. The SMILES string of the molecule is CCOc1ccc(CN2CCC[C@@H](c3cc(Nc4nccs4)cc(C)n3)C2)cc1CO. The number of hydrogen-bond acceptors (Lipinski definition) is 7. The Labute approximate surface area is 187 Å². The van der Waals surface area contributed by atoms with Crippen molar-refractivity contribution in [2.45, 2.75) is 45.8 Å². The van der Waals surface area contributed by atoms with Crippen LogP contribution in [0.5, 0.6) is 5.75 Å². The van der Waals surface area contributed by atoms with Crippen LogP contribution in [0.15, 0.2) is 41.9 Å². The largest absolute Gasteiger partial charge is 0.494 e. The maximum Gasteiger partial charge on any atom is 0.187 e. The maximum atomic E-state index is 9.70. The highest BCUT2D eigenvalue weighted by Crippen LogP contribution is 2.30. The Bertz CT molecular complexity index is 993. The molecule has 1 aromatic carbocycles. The second-order valence-electron chi connectivity index (χ2n) is 7.99. The van der Waals surface area contributed by atoms with Crippen molar-refractivity contribution < 1.29 is 9.84 Å². The van der Waals surface area contributed by atoms with Crippen LogP contribution < -0.4 is 10.1 Å². The molecule has 0 radical (unpaired) electrons. The zero-order valence-electron chi connectivity index (χ0n) is 18.2. The fourth-order valence-corrected chi connectivity index (χ4v) is 4.78. The Morgan fingerprint density at radius 1 is 1.29 bits per heavy atom. The van der Waals surface area contributed by atoms with E-state index in [9.17, 15) is 5.11 Å². The first-order valence-electron chi connectivity index (χ1n) is 10.9. The number of aliphatic hydroxyl groups is 1. The molecule has 3 heterocycles. The van der Waals surface area contributed by atoms with E-state index in [1.807, 2.05) is 31.5 Å². The van der Waals surface area contributed by atoms with Gasteiger partial charge in [0.2, 0.25) is 0 Å². The van der Waals surface area contributed by atoms with Gasteiger partial charge in [0.25, 0.3) is 0 Å². The van der Waals surface area contributed by atoms with E-state index in [1.165, 1.54) is 5.56 Å².